The third-order valence-corrected chi connectivity index (χ3v) is 8.29. The van der Waals surface area contributed by atoms with Gasteiger partial charge in [0.05, 0.1) is 22.2 Å². The van der Waals surface area contributed by atoms with Crippen molar-refractivity contribution < 1.29 is 23.2 Å². The Hall–Kier alpha value is -3.06. The van der Waals surface area contributed by atoms with Gasteiger partial charge in [0, 0.05) is 31.0 Å². The highest BCUT2D eigenvalue weighted by molar-refractivity contribution is 14.1. The number of nitriles is 2. The molecule has 3 aliphatic heterocycles. The van der Waals surface area contributed by atoms with Crippen LogP contribution in [0.15, 0.2) is 24.5 Å². The summed E-state index contributed by atoms with van der Waals surface area (Å²) < 4.78 is 31.4. The molecule has 7 heterocycles. The van der Waals surface area contributed by atoms with E-state index in [1.165, 1.54) is 0 Å². The van der Waals surface area contributed by atoms with Crippen molar-refractivity contribution >= 4 is 66.0 Å². The van der Waals surface area contributed by atoms with Crippen LogP contribution in [-0.2, 0) is 23.2 Å². The van der Waals surface area contributed by atoms with Gasteiger partial charge in [-0.3, -0.25) is 0 Å². The molecule has 46 heavy (non-hydrogen) atoms. The molecule has 4 aromatic heterocycles. The maximum Gasteiger partial charge on any atom is 0.426 e. The van der Waals surface area contributed by atoms with Crippen molar-refractivity contribution in [3.8, 4) is 12.1 Å². The summed E-state index contributed by atoms with van der Waals surface area (Å²) in [5.41, 5.74) is 3.62. The average Bonchev–Trinajstić information content (AvgIpc) is 3.57. The van der Waals surface area contributed by atoms with Gasteiger partial charge in [-0.15, -0.1) is 0 Å². The molecule has 240 valence electrons. The SMILES string of the molecule is C.CB1OB(C)OB(C)O1.Cc1nn(C2CCCCO2)c2ncc(C#N)cc12.N#Cc1cnc2c(c1)c(I)nn2C1CCCCO1. The fourth-order valence-corrected chi connectivity index (χ4v) is 6.05. The second-order valence-corrected chi connectivity index (χ2v) is 12.0. The first kappa shape index (κ1) is 35.8. The molecule has 4 aromatic rings. The third kappa shape index (κ3) is 8.64. The largest absolute Gasteiger partial charge is 0.453 e. The van der Waals surface area contributed by atoms with Crippen molar-refractivity contribution in [3.63, 3.8) is 0 Å². The van der Waals surface area contributed by atoms with E-state index in [0.29, 0.717) is 11.1 Å². The van der Waals surface area contributed by atoms with Gasteiger partial charge in [0.25, 0.3) is 0 Å². The summed E-state index contributed by atoms with van der Waals surface area (Å²) in [5.74, 6) is 0. The summed E-state index contributed by atoms with van der Waals surface area (Å²) in [7, 11) is -0.406. The summed E-state index contributed by atoms with van der Waals surface area (Å²) in [6.45, 7) is 9.06. The van der Waals surface area contributed by atoms with Crippen LogP contribution in [0.25, 0.3) is 22.1 Å². The predicted octanol–water partition coefficient (Wildman–Crippen LogP) is 5.96. The fraction of sp³-hybridized carbons (Fsp3) is 0.517. The number of ether oxygens (including phenoxy) is 2. The van der Waals surface area contributed by atoms with Gasteiger partial charge < -0.3 is 23.2 Å². The highest BCUT2D eigenvalue weighted by atomic mass is 127. The first-order valence-electron chi connectivity index (χ1n) is 15.2. The topological polar surface area (TPSA) is 155 Å². The van der Waals surface area contributed by atoms with Gasteiger partial charge in [-0.1, -0.05) is 7.43 Å². The van der Waals surface area contributed by atoms with Gasteiger partial charge in [0.1, 0.15) is 15.8 Å². The van der Waals surface area contributed by atoms with Crippen molar-refractivity contribution in [3.05, 3.63) is 45.0 Å². The molecule has 0 aromatic carbocycles. The molecule has 0 saturated carbocycles. The zero-order valence-corrected chi connectivity index (χ0v) is 28.0. The van der Waals surface area contributed by atoms with E-state index in [-0.39, 0.29) is 41.2 Å². The lowest BCUT2D eigenvalue weighted by Gasteiger charge is -2.25. The molecule has 0 aliphatic carbocycles. The van der Waals surface area contributed by atoms with Crippen LogP contribution < -0.4 is 0 Å². The number of hydrogen-bond acceptors (Lipinski definition) is 11. The number of nitrogens with zero attached hydrogens (tertiary/aromatic N) is 8. The maximum absolute atomic E-state index is 8.90. The third-order valence-electron chi connectivity index (χ3n) is 7.50. The summed E-state index contributed by atoms with van der Waals surface area (Å²) in [5, 5.41) is 28.7. The summed E-state index contributed by atoms with van der Waals surface area (Å²) in [6.07, 6.45) is 9.59. The molecule has 2 atom stereocenters. The van der Waals surface area contributed by atoms with Gasteiger partial charge in [-0.2, -0.15) is 20.7 Å². The number of hydrogen-bond donors (Lipinski definition) is 0. The minimum absolute atomic E-state index is 0. The Labute approximate surface area is 284 Å². The van der Waals surface area contributed by atoms with Crippen LogP contribution in [0.1, 0.15) is 75.2 Å². The second kappa shape index (κ2) is 16.7. The number of pyridine rings is 2. The minimum Gasteiger partial charge on any atom is -0.453 e. The van der Waals surface area contributed by atoms with Crippen molar-refractivity contribution in [1.82, 2.24) is 29.5 Å². The van der Waals surface area contributed by atoms with E-state index in [0.717, 1.165) is 83.2 Å². The number of rotatable bonds is 2. The predicted molar refractivity (Wildman–Crippen MR) is 184 cm³/mol. The van der Waals surface area contributed by atoms with E-state index in [1.54, 1.807) is 12.4 Å². The molecular weight excluding hydrogens is 700 g/mol. The van der Waals surface area contributed by atoms with Crippen LogP contribution in [-0.4, -0.2) is 64.1 Å². The maximum atomic E-state index is 8.90. The molecule has 0 amide bonds. The van der Waals surface area contributed by atoms with E-state index < -0.39 is 0 Å². The van der Waals surface area contributed by atoms with Gasteiger partial charge in [0.15, 0.2) is 23.8 Å². The zero-order chi connectivity index (χ0) is 31.9. The van der Waals surface area contributed by atoms with Crippen LogP contribution in [0.5, 0.6) is 0 Å². The second-order valence-electron chi connectivity index (χ2n) is 10.9. The summed E-state index contributed by atoms with van der Waals surface area (Å²) in [4.78, 5) is 8.69. The van der Waals surface area contributed by atoms with Gasteiger partial charge in [-0.25, -0.2) is 19.3 Å². The van der Waals surface area contributed by atoms with Crippen LogP contribution in [0.4, 0.5) is 0 Å². The smallest absolute Gasteiger partial charge is 0.426 e. The van der Waals surface area contributed by atoms with Gasteiger partial charge in [-0.05, 0) is 101 Å². The number of aromatic nitrogens is 6. The molecular formula is C29H38B3IN8O5. The Bertz CT molecular complexity index is 1560. The van der Waals surface area contributed by atoms with E-state index in [1.807, 2.05) is 48.9 Å². The van der Waals surface area contributed by atoms with Crippen LogP contribution in [0.2, 0.25) is 20.5 Å². The molecule has 2 unspecified atom stereocenters. The van der Waals surface area contributed by atoms with Crippen LogP contribution in [0.3, 0.4) is 0 Å². The van der Waals surface area contributed by atoms with Gasteiger partial charge >= 0.3 is 21.4 Å². The number of aryl methyl sites for hydroxylation is 1. The Balaban J connectivity index is 0.000000164. The molecule has 0 bridgehead atoms. The Morgan fingerprint density at radius 3 is 1.67 bits per heavy atom. The van der Waals surface area contributed by atoms with Gasteiger partial charge in [0.2, 0.25) is 0 Å². The van der Waals surface area contributed by atoms with Crippen LogP contribution in [0, 0.1) is 33.3 Å². The van der Waals surface area contributed by atoms with Crippen molar-refractivity contribution in [2.75, 3.05) is 13.2 Å². The van der Waals surface area contributed by atoms with Crippen molar-refractivity contribution in [1.29, 1.82) is 10.5 Å². The molecule has 3 aliphatic rings. The standard InChI is InChI=1S/C13H14N4O.C12H11IN4O.C3H9B3O3.CH4/c1-9-11-6-10(7-14)8-15-13(11)17(16-9)12-4-2-3-5-18-12;13-11-9-5-8(6-14)7-15-12(9)17(16-11)10-3-1-2-4-18-10;1-4-7-5(2)9-6(3)8-4;/h6,8,12H,2-5H2,1H3;5,7,10H,1-4H2;1-3H3;1H4. The Kier molecular flexibility index (Phi) is 13.0. The molecule has 7 rings (SSSR count). The first-order chi connectivity index (χ1) is 21.8. The minimum atomic E-state index is -0.135. The molecule has 0 N–H and O–H groups in total. The van der Waals surface area contributed by atoms with Crippen molar-refractivity contribution in [2.45, 2.75) is 85.8 Å². The molecule has 17 heteroatoms. The van der Waals surface area contributed by atoms with Crippen molar-refractivity contribution in [2.24, 2.45) is 0 Å². The molecule has 13 nitrogen and oxygen atoms in total. The molecule has 3 fully saturated rings. The van der Waals surface area contributed by atoms with E-state index in [4.69, 9.17) is 33.7 Å². The lowest BCUT2D eigenvalue weighted by Crippen LogP contribution is -2.44. The quantitative estimate of drug-likeness (QED) is 0.177. The average molecular weight is 738 g/mol. The van der Waals surface area contributed by atoms with E-state index in [9.17, 15) is 0 Å². The lowest BCUT2D eigenvalue weighted by molar-refractivity contribution is -0.0372. The zero-order valence-electron chi connectivity index (χ0n) is 25.8. The van der Waals surface area contributed by atoms with Crippen LogP contribution >= 0.6 is 22.6 Å². The monoisotopic (exact) mass is 738 g/mol. The molecule has 0 spiro atoms. The Morgan fingerprint density at radius 1 is 0.761 bits per heavy atom. The number of fused-ring (bicyclic) bond motifs is 2. The van der Waals surface area contributed by atoms with E-state index >= 15 is 0 Å². The lowest BCUT2D eigenvalue weighted by atomic mass is 9.74. The normalized spacial score (nSPS) is 19.7. The Morgan fingerprint density at radius 2 is 1.22 bits per heavy atom. The molecule has 0 radical (unpaired) electrons. The number of halogens is 1. The summed E-state index contributed by atoms with van der Waals surface area (Å²) in [6, 6.07) is 7.87. The first-order valence-corrected chi connectivity index (χ1v) is 16.2. The fourth-order valence-electron chi connectivity index (χ4n) is 5.42. The molecule has 3 saturated heterocycles. The highest BCUT2D eigenvalue weighted by Gasteiger charge is 2.31. The highest BCUT2D eigenvalue weighted by Crippen LogP contribution is 2.29. The van der Waals surface area contributed by atoms with E-state index in [2.05, 4.69) is 54.9 Å². The summed E-state index contributed by atoms with van der Waals surface area (Å²) >= 11 is 2.17.